The first-order valence-electron chi connectivity index (χ1n) is 7.19. The molecule has 1 amide bonds. The molecule has 0 aliphatic heterocycles. The van der Waals surface area contributed by atoms with E-state index in [1.165, 1.54) is 6.07 Å². The number of likely N-dealkylation sites (N-methyl/N-ethyl adjacent to an activating group) is 1. The lowest BCUT2D eigenvalue weighted by Crippen LogP contribution is -2.49. The smallest absolute Gasteiger partial charge is 0.235 e. The second-order valence-corrected chi connectivity index (χ2v) is 6.42. The van der Waals surface area contributed by atoms with Gasteiger partial charge in [0.05, 0.1) is 12.6 Å². The van der Waals surface area contributed by atoms with Crippen LogP contribution in [0.1, 0.15) is 25.3 Å². The summed E-state index contributed by atoms with van der Waals surface area (Å²) >= 11 is 5.98. The van der Waals surface area contributed by atoms with Crippen LogP contribution >= 0.6 is 11.6 Å². The standard InChI is InChI=1S/C16H19ClFN3O/c1-16(10-19,11-6-7-11)20-15(22)9-21(2)8-12-13(17)4-3-5-14(12)18/h3-5,11H,6-9H2,1-2H3,(H,20,22)/t16-/m0/s1. The predicted molar refractivity (Wildman–Crippen MR) is 82.6 cm³/mol. The van der Waals surface area contributed by atoms with Crippen LogP contribution in [0.25, 0.3) is 0 Å². The van der Waals surface area contributed by atoms with Crippen LogP contribution in [0, 0.1) is 23.1 Å². The van der Waals surface area contributed by atoms with Crippen molar-refractivity contribution in [3.8, 4) is 6.07 Å². The molecule has 0 saturated heterocycles. The van der Waals surface area contributed by atoms with Crippen molar-refractivity contribution in [3.05, 3.63) is 34.6 Å². The summed E-state index contributed by atoms with van der Waals surface area (Å²) in [5.74, 6) is -0.404. The van der Waals surface area contributed by atoms with E-state index in [2.05, 4.69) is 11.4 Å². The monoisotopic (exact) mass is 323 g/mol. The van der Waals surface area contributed by atoms with Crippen LogP contribution in [0.4, 0.5) is 4.39 Å². The number of nitrogens with one attached hydrogen (secondary N) is 1. The minimum Gasteiger partial charge on any atom is -0.337 e. The number of halogens is 2. The second kappa shape index (κ2) is 6.64. The van der Waals surface area contributed by atoms with Crippen LogP contribution in [-0.2, 0) is 11.3 Å². The third-order valence-electron chi connectivity index (χ3n) is 3.93. The van der Waals surface area contributed by atoms with Gasteiger partial charge in [0.15, 0.2) is 0 Å². The van der Waals surface area contributed by atoms with Crippen molar-refractivity contribution in [2.24, 2.45) is 5.92 Å². The Kier molecular flexibility index (Phi) is 5.05. The molecule has 1 N–H and O–H groups in total. The molecule has 0 unspecified atom stereocenters. The summed E-state index contributed by atoms with van der Waals surface area (Å²) in [5.41, 5.74) is -0.446. The molecule has 1 fully saturated rings. The van der Waals surface area contributed by atoms with E-state index in [-0.39, 0.29) is 30.7 Å². The summed E-state index contributed by atoms with van der Waals surface area (Å²) in [6.07, 6.45) is 1.93. The maximum Gasteiger partial charge on any atom is 0.235 e. The first-order valence-corrected chi connectivity index (χ1v) is 7.57. The van der Waals surface area contributed by atoms with Gasteiger partial charge >= 0.3 is 0 Å². The molecular formula is C16H19ClFN3O. The zero-order valence-electron chi connectivity index (χ0n) is 12.7. The van der Waals surface area contributed by atoms with Crippen molar-refractivity contribution >= 4 is 17.5 Å². The van der Waals surface area contributed by atoms with Gasteiger partial charge in [-0.25, -0.2) is 4.39 Å². The van der Waals surface area contributed by atoms with Gasteiger partial charge in [-0.1, -0.05) is 17.7 Å². The van der Waals surface area contributed by atoms with Crippen molar-refractivity contribution in [2.45, 2.75) is 31.8 Å². The van der Waals surface area contributed by atoms with E-state index < -0.39 is 5.54 Å². The highest BCUT2D eigenvalue weighted by Crippen LogP contribution is 2.39. The van der Waals surface area contributed by atoms with Gasteiger partial charge in [0.1, 0.15) is 11.4 Å². The van der Waals surface area contributed by atoms with Crippen molar-refractivity contribution in [1.29, 1.82) is 5.26 Å². The minimum absolute atomic E-state index is 0.0780. The molecule has 1 aliphatic rings. The summed E-state index contributed by atoms with van der Waals surface area (Å²) in [5, 5.41) is 12.4. The van der Waals surface area contributed by atoms with Crippen molar-refractivity contribution < 1.29 is 9.18 Å². The summed E-state index contributed by atoms with van der Waals surface area (Å²) in [4.78, 5) is 13.8. The number of hydrogen-bond acceptors (Lipinski definition) is 3. The normalized spacial score (nSPS) is 16.9. The molecule has 0 spiro atoms. The lowest BCUT2D eigenvalue weighted by atomic mass is 9.98. The Morgan fingerprint density at radius 1 is 1.59 bits per heavy atom. The zero-order chi connectivity index (χ0) is 16.3. The van der Waals surface area contributed by atoms with Gasteiger partial charge in [-0.15, -0.1) is 0 Å². The molecule has 1 aliphatic carbocycles. The van der Waals surface area contributed by atoms with E-state index in [9.17, 15) is 14.4 Å². The Morgan fingerprint density at radius 3 is 2.82 bits per heavy atom. The first kappa shape index (κ1) is 16.7. The van der Waals surface area contributed by atoms with Crippen LogP contribution in [0.5, 0.6) is 0 Å². The number of rotatable bonds is 6. The molecule has 22 heavy (non-hydrogen) atoms. The van der Waals surface area contributed by atoms with Gasteiger partial charge < -0.3 is 5.32 Å². The molecule has 1 saturated carbocycles. The molecule has 6 heteroatoms. The van der Waals surface area contributed by atoms with E-state index in [1.54, 1.807) is 31.0 Å². The van der Waals surface area contributed by atoms with Gasteiger partial charge in [-0.2, -0.15) is 5.26 Å². The molecule has 4 nitrogen and oxygen atoms in total. The number of nitriles is 1. The molecule has 2 rings (SSSR count). The quantitative estimate of drug-likeness (QED) is 0.875. The van der Waals surface area contributed by atoms with E-state index in [0.29, 0.717) is 10.6 Å². The van der Waals surface area contributed by atoms with E-state index in [1.807, 2.05) is 0 Å². The average molecular weight is 324 g/mol. The maximum absolute atomic E-state index is 13.7. The second-order valence-electron chi connectivity index (χ2n) is 6.01. The van der Waals surface area contributed by atoms with Crippen LogP contribution < -0.4 is 5.32 Å². The Morgan fingerprint density at radius 2 is 2.27 bits per heavy atom. The molecule has 118 valence electrons. The lowest BCUT2D eigenvalue weighted by molar-refractivity contribution is -0.123. The van der Waals surface area contributed by atoms with Gasteiger partial charge in [-0.3, -0.25) is 9.69 Å². The molecule has 1 aromatic rings. The van der Waals surface area contributed by atoms with Gasteiger partial charge in [0.25, 0.3) is 0 Å². The predicted octanol–water partition coefficient (Wildman–Crippen LogP) is 2.72. The average Bonchev–Trinajstić information content (AvgIpc) is 3.27. The molecule has 0 aromatic heterocycles. The molecular weight excluding hydrogens is 305 g/mol. The number of nitrogens with zero attached hydrogens (tertiary/aromatic N) is 2. The molecule has 1 atom stereocenters. The number of amides is 1. The molecule has 0 radical (unpaired) electrons. The highest BCUT2D eigenvalue weighted by atomic mass is 35.5. The third kappa shape index (κ3) is 3.96. The van der Waals surface area contributed by atoms with E-state index >= 15 is 0 Å². The fourth-order valence-corrected chi connectivity index (χ4v) is 2.69. The van der Waals surface area contributed by atoms with Gasteiger partial charge in [0, 0.05) is 17.1 Å². The Bertz CT molecular complexity index is 592. The largest absolute Gasteiger partial charge is 0.337 e. The van der Waals surface area contributed by atoms with Crippen LogP contribution in [0.15, 0.2) is 18.2 Å². The molecule has 0 bridgehead atoms. The number of carbonyl (C=O) groups excluding carboxylic acids is 1. The SMILES string of the molecule is CN(CC(=O)N[C@@](C)(C#N)C1CC1)Cc1c(F)cccc1Cl. The number of benzene rings is 1. The fraction of sp³-hybridized carbons (Fsp3) is 0.500. The maximum atomic E-state index is 13.7. The Hall–Kier alpha value is -1.64. The van der Waals surface area contributed by atoms with Gasteiger partial charge in [-0.05, 0) is 44.9 Å². The number of hydrogen-bond donors (Lipinski definition) is 1. The fourth-order valence-electron chi connectivity index (χ4n) is 2.47. The van der Waals surface area contributed by atoms with E-state index in [0.717, 1.165) is 12.8 Å². The lowest BCUT2D eigenvalue weighted by Gasteiger charge is -2.25. The third-order valence-corrected chi connectivity index (χ3v) is 4.28. The summed E-state index contributed by atoms with van der Waals surface area (Å²) < 4.78 is 13.7. The summed E-state index contributed by atoms with van der Waals surface area (Å²) in [6, 6.07) is 6.69. The van der Waals surface area contributed by atoms with Crippen LogP contribution in [0.3, 0.4) is 0 Å². The van der Waals surface area contributed by atoms with Crippen LogP contribution in [0.2, 0.25) is 5.02 Å². The highest BCUT2D eigenvalue weighted by Gasteiger charge is 2.43. The van der Waals surface area contributed by atoms with Gasteiger partial charge in [0.2, 0.25) is 5.91 Å². The molecule has 1 aromatic carbocycles. The number of carbonyl (C=O) groups is 1. The van der Waals surface area contributed by atoms with E-state index in [4.69, 9.17) is 11.6 Å². The highest BCUT2D eigenvalue weighted by molar-refractivity contribution is 6.31. The Balaban J connectivity index is 1.93. The Labute approximate surface area is 134 Å². The van der Waals surface area contributed by atoms with Crippen molar-refractivity contribution in [3.63, 3.8) is 0 Å². The van der Waals surface area contributed by atoms with Crippen molar-refractivity contribution in [2.75, 3.05) is 13.6 Å². The summed E-state index contributed by atoms with van der Waals surface area (Å²) in [7, 11) is 1.71. The topological polar surface area (TPSA) is 56.1 Å². The summed E-state index contributed by atoms with van der Waals surface area (Å²) in [6.45, 7) is 2.05. The molecule has 0 heterocycles. The van der Waals surface area contributed by atoms with Crippen molar-refractivity contribution in [1.82, 2.24) is 10.2 Å². The minimum atomic E-state index is -0.812. The van der Waals surface area contributed by atoms with Crippen LogP contribution in [-0.4, -0.2) is 29.9 Å². The first-order chi connectivity index (χ1) is 10.4. The zero-order valence-corrected chi connectivity index (χ0v) is 13.5.